The van der Waals surface area contributed by atoms with Crippen molar-refractivity contribution < 1.29 is 5.11 Å². The highest BCUT2D eigenvalue weighted by atomic mass is 16.3. The van der Waals surface area contributed by atoms with Crippen LogP contribution in [0.1, 0.15) is 38.2 Å². The second-order valence-electron chi connectivity index (χ2n) is 5.64. The fourth-order valence-corrected chi connectivity index (χ4v) is 3.07. The van der Waals surface area contributed by atoms with E-state index in [1.807, 2.05) is 18.2 Å². The van der Waals surface area contributed by atoms with Crippen molar-refractivity contribution in [3.05, 3.63) is 35.9 Å². The lowest BCUT2D eigenvalue weighted by molar-refractivity contribution is -0.0766. The molecule has 0 radical (unpaired) electrons. The summed E-state index contributed by atoms with van der Waals surface area (Å²) in [4.78, 5) is 2.34. The Balaban J connectivity index is 2.21. The van der Waals surface area contributed by atoms with E-state index in [4.69, 9.17) is 0 Å². The number of piperidine rings is 1. The standard InChI is InChI=1S/C16H25NO/c1-3-4-8-15-13-17(2)12-11-16(15,18)14-9-6-5-7-10-14/h5-7,9-10,15,18H,3-4,8,11-13H2,1-2H3/t15-,16+/m1/s1. The minimum absolute atomic E-state index is 0.360. The summed E-state index contributed by atoms with van der Waals surface area (Å²) in [6.07, 6.45) is 4.37. The van der Waals surface area contributed by atoms with Crippen molar-refractivity contribution in [1.82, 2.24) is 4.90 Å². The van der Waals surface area contributed by atoms with E-state index in [0.717, 1.165) is 31.5 Å². The molecule has 0 aliphatic carbocycles. The molecule has 2 nitrogen and oxygen atoms in total. The van der Waals surface area contributed by atoms with E-state index in [2.05, 4.69) is 31.0 Å². The largest absolute Gasteiger partial charge is 0.385 e. The highest BCUT2D eigenvalue weighted by Gasteiger charge is 2.41. The quantitative estimate of drug-likeness (QED) is 0.884. The van der Waals surface area contributed by atoms with E-state index in [-0.39, 0.29) is 0 Å². The molecule has 0 saturated carbocycles. The molecule has 1 aromatic rings. The van der Waals surface area contributed by atoms with E-state index in [1.165, 1.54) is 12.8 Å². The maximum atomic E-state index is 11.1. The van der Waals surface area contributed by atoms with Crippen LogP contribution in [-0.2, 0) is 5.60 Å². The third-order valence-corrected chi connectivity index (χ3v) is 4.26. The van der Waals surface area contributed by atoms with Gasteiger partial charge in [-0.25, -0.2) is 0 Å². The highest BCUT2D eigenvalue weighted by Crippen LogP contribution is 2.39. The molecule has 1 aromatic carbocycles. The van der Waals surface area contributed by atoms with Crippen LogP contribution >= 0.6 is 0 Å². The Kier molecular flexibility index (Phi) is 4.41. The van der Waals surface area contributed by atoms with Crippen LogP contribution in [0.25, 0.3) is 0 Å². The van der Waals surface area contributed by atoms with Crippen molar-refractivity contribution in [2.45, 2.75) is 38.2 Å². The average Bonchev–Trinajstić information content (AvgIpc) is 2.41. The van der Waals surface area contributed by atoms with Gasteiger partial charge >= 0.3 is 0 Å². The molecule has 2 heteroatoms. The maximum Gasteiger partial charge on any atom is 0.0948 e. The summed E-state index contributed by atoms with van der Waals surface area (Å²) in [5.41, 5.74) is 0.474. The Labute approximate surface area is 111 Å². The van der Waals surface area contributed by atoms with Crippen molar-refractivity contribution in [2.75, 3.05) is 20.1 Å². The number of rotatable bonds is 4. The molecule has 0 aromatic heterocycles. The molecule has 1 aliphatic rings. The van der Waals surface area contributed by atoms with Crippen molar-refractivity contribution in [1.29, 1.82) is 0 Å². The minimum atomic E-state index is -0.622. The molecule has 0 spiro atoms. The molecule has 2 rings (SSSR count). The monoisotopic (exact) mass is 247 g/mol. The highest BCUT2D eigenvalue weighted by molar-refractivity contribution is 5.24. The van der Waals surface area contributed by atoms with Gasteiger partial charge < -0.3 is 10.0 Å². The molecule has 0 bridgehead atoms. The first kappa shape index (κ1) is 13.6. The molecule has 2 atom stereocenters. The van der Waals surface area contributed by atoms with Crippen LogP contribution in [0.5, 0.6) is 0 Å². The maximum absolute atomic E-state index is 11.1. The lowest BCUT2D eigenvalue weighted by Crippen LogP contribution is -2.48. The summed E-state index contributed by atoms with van der Waals surface area (Å²) < 4.78 is 0. The topological polar surface area (TPSA) is 23.5 Å². The molecule has 1 saturated heterocycles. The number of benzene rings is 1. The van der Waals surface area contributed by atoms with Gasteiger partial charge in [0.2, 0.25) is 0 Å². The van der Waals surface area contributed by atoms with Crippen LogP contribution in [0, 0.1) is 5.92 Å². The predicted molar refractivity (Wildman–Crippen MR) is 75.5 cm³/mol. The van der Waals surface area contributed by atoms with E-state index in [1.54, 1.807) is 0 Å². The Morgan fingerprint density at radius 2 is 2.06 bits per heavy atom. The number of hydrogen-bond acceptors (Lipinski definition) is 2. The smallest absolute Gasteiger partial charge is 0.0948 e. The zero-order valence-corrected chi connectivity index (χ0v) is 11.6. The fourth-order valence-electron chi connectivity index (χ4n) is 3.07. The Hall–Kier alpha value is -0.860. The molecule has 1 N–H and O–H groups in total. The van der Waals surface area contributed by atoms with Gasteiger partial charge in [-0.1, -0.05) is 50.1 Å². The first-order chi connectivity index (χ1) is 8.66. The summed E-state index contributed by atoms with van der Waals surface area (Å²) in [5, 5.41) is 11.1. The van der Waals surface area contributed by atoms with Crippen molar-refractivity contribution in [2.24, 2.45) is 5.92 Å². The first-order valence-electron chi connectivity index (χ1n) is 7.13. The van der Waals surface area contributed by atoms with Crippen LogP contribution in [0.15, 0.2) is 30.3 Å². The van der Waals surface area contributed by atoms with Gasteiger partial charge in [0.15, 0.2) is 0 Å². The van der Waals surface area contributed by atoms with E-state index in [0.29, 0.717) is 5.92 Å². The summed E-state index contributed by atoms with van der Waals surface area (Å²) in [7, 11) is 2.16. The molecule has 18 heavy (non-hydrogen) atoms. The normalized spacial score (nSPS) is 29.4. The van der Waals surface area contributed by atoms with E-state index in [9.17, 15) is 5.11 Å². The zero-order valence-electron chi connectivity index (χ0n) is 11.6. The average molecular weight is 247 g/mol. The van der Waals surface area contributed by atoms with E-state index >= 15 is 0 Å². The summed E-state index contributed by atoms with van der Waals surface area (Å²) >= 11 is 0. The number of unbranched alkanes of at least 4 members (excludes halogenated alkanes) is 1. The number of hydrogen-bond donors (Lipinski definition) is 1. The lowest BCUT2D eigenvalue weighted by Gasteiger charge is -2.44. The molecule has 0 amide bonds. The van der Waals surface area contributed by atoms with Crippen LogP contribution in [-0.4, -0.2) is 30.1 Å². The van der Waals surface area contributed by atoms with Crippen LogP contribution in [0.4, 0.5) is 0 Å². The van der Waals surface area contributed by atoms with Crippen LogP contribution in [0.3, 0.4) is 0 Å². The summed E-state index contributed by atoms with van der Waals surface area (Å²) in [6, 6.07) is 10.2. The third kappa shape index (κ3) is 2.76. The Morgan fingerprint density at radius 1 is 1.33 bits per heavy atom. The molecule has 100 valence electrons. The van der Waals surface area contributed by atoms with Gasteiger partial charge in [0.05, 0.1) is 5.60 Å². The Bertz CT molecular complexity index is 365. The fraction of sp³-hybridized carbons (Fsp3) is 0.625. The minimum Gasteiger partial charge on any atom is -0.385 e. The van der Waals surface area contributed by atoms with Gasteiger partial charge in [0.1, 0.15) is 0 Å². The van der Waals surface area contributed by atoms with Crippen molar-refractivity contribution in [3.63, 3.8) is 0 Å². The summed E-state index contributed by atoms with van der Waals surface area (Å²) in [6.45, 7) is 4.20. The molecular weight excluding hydrogens is 222 g/mol. The Morgan fingerprint density at radius 3 is 2.72 bits per heavy atom. The van der Waals surface area contributed by atoms with Crippen LogP contribution in [0.2, 0.25) is 0 Å². The van der Waals surface area contributed by atoms with Gasteiger partial charge in [-0.05, 0) is 25.5 Å². The van der Waals surface area contributed by atoms with Gasteiger partial charge in [-0.2, -0.15) is 0 Å². The lowest BCUT2D eigenvalue weighted by atomic mass is 9.74. The SMILES string of the molecule is CCCC[C@@H]1CN(C)CC[C@]1(O)c1ccccc1. The number of nitrogens with zero attached hydrogens (tertiary/aromatic N) is 1. The summed E-state index contributed by atoms with van der Waals surface area (Å²) in [5.74, 6) is 0.360. The van der Waals surface area contributed by atoms with Crippen molar-refractivity contribution in [3.8, 4) is 0 Å². The number of aliphatic hydroxyl groups is 1. The third-order valence-electron chi connectivity index (χ3n) is 4.26. The van der Waals surface area contributed by atoms with Gasteiger partial charge in [-0.15, -0.1) is 0 Å². The first-order valence-corrected chi connectivity index (χ1v) is 7.13. The molecule has 1 fully saturated rings. The second kappa shape index (κ2) is 5.85. The van der Waals surface area contributed by atoms with Gasteiger partial charge in [-0.3, -0.25) is 0 Å². The van der Waals surface area contributed by atoms with Gasteiger partial charge in [0.25, 0.3) is 0 Å². The molecular formula is C16H25NO. The van der Waals surface area contributed by atoms with Crippen molar-refractivity contribution >= 4 is 0 Å². The molecule has 1 aliphatic heterocycles. The second-order valence-corrected chi connectivity index (χ2v) is 5.64. The van der Waals surface area contributed by atoms with Crippen LogP contribution < -0.4 is 0 Å². The molecule has 1 heterocycles. The van der Waals surface area contributed by atoms with E-state index < -0.39 is 5.60 Å². The predicted octanol–water partition coefficient (Wildman–Crippen LogP) is 3.02. The molecule has 0 unspecified atom stereocenters. The zero-order chi connectivity index (χ0) is 13.0. The number of likely N-dealkylation sites (tertiary alicyclic amines) is 1. The van der Waals surface area contributed by atoms with Gasteiger partial charge in [0, 0.05) is 19.0 Å².